The highest BCUT2D eigenvalue weighted by Gasteiger charge is 2.35. The van der Waals surface area contributed by atoms with Crippen LogP contribution in [0.4, 0.5) is 32.3 Å². The van der Waals surface area contributed by atoms with Crippen LogP contribution in [0.1, 0.15) is 41.5 Å². The molecule has 2 aliphatic heterocycles. The number of nitrogens with zero attached hydrogens (tertiary/aromatic N) is 2. The number of benzene rings is 3. The van der Waals surface area contributed by atoms with Gasteiger partial charge in [0, 0.05) is 11.1 Å². The summed E-state index contributed by atoms with van der Waals surface area (Å²) in [5.74, 6) is -2.18. The van der Waals surface area contributed by atoms with Crippen molar-refractivity contribution >= 4 is 58.6 Å². The highest BCUT2D eigenvalue weighted by Crippen LogP contribution is 2.32. The van der Waals surface area contributed by atoms with Gasteiger partial charge in [-0.15, -0.1) is 0 Å². The fraction of sp³-hybridized carbons (Fsp3) is 0.250. The number of nitrogens with one attached hydrogen (secondary N) is 4. The number of para-hydroxylation sites is 4. The normalized spacial score (nSPS) is 17.6. The van der Waals surface area contributed by atoms with E-state index in [0.29, 0.717) is 22.7 Å². The number of rotatable bonds is 4. The minimum atomic E-state index is -1.42. The van der Waals surface area contributed by atoms with Crippen molar-refractivity contribution in [3.05, 3.63) is 83.9 Å². The quantitative estimate of drug-likeness (QED) is 0.291. The lowest BCUT2D eigenvalue weighted by Crippen LogP contribution is -2.51. The van der Waals surface area contributed by atoms with E-state index in [1.807, 2.05) is 0 Å². The highest BCUT2D eigenvalue weighted by molar-refractivity contribution is 6.14. The van der Waals surface area contributed by atoms with Crippen LogP contribution >= 0.6 is 0 Å². The molecule has 0 saturated heterocycles. The average molecular weight is 629 g/mol. The lowest BCUT2D eigenvalue weighted by Gasteiger charge is -2.26. The molecule has 14 heteroatoms. The van der Waals surface area contributed by atoms with Crippen molar-refractivity contribution in [2.45, 2.75) is 38.5 Å². The SMILES string of the molecule is CC(C)(C)OC(=O)N[C@H]1CN(C(=O)c2ccc(C(=O)N3C[C@H](NC(=O)O)C(=O)Nc4ccccc43)cc2)c2ccccc2NC1=O. The number of carbonyl (C=O) groups excluding carboxylic acids is 5. The van der Waals surface area contributed by atoms with Crippen molar-refractivity contribution in [1.29, 1.82) is 0 Å². The van der Waals surface area contributed by atoms with Crippen LogP contribution < -0.4 is 31.1 Å². The first-order valence-electron chi connectivity index (χ1n) is 14.3. The van der Waals surface area contributed by atoms with E-state index < -0.39 is 53.5 Å². The second-order valence-corrected chi connectivity index (χ2v) is 11.6. The molecular weight excluding hydrogens is 596 g/mol. The fourth-order valence-electron chi connectivity index (χ4n) is 5.07. The van der Waals surface area contributed by atoms with Gasteiger partial charge in [0.1, 0.15) is 17.7 Å². The zero-order valence-corrected chi connectivity index (χ0v) is 25.2. The van der Waals surface area contributed by atoms with Crippen LogP contribution in [0.2, 0.25) is 0 Å². The lowest BCUT2D eigenvalue weighted by molar-refractivity contribution is -0.118. The summed E-state index contributed by atoms with van der Waals surface area (Å²) in [7, 11) is 0. The van der Waals surface area contributed by atoms with E-state index in [-0.39, 0.29) is 24.2 Å². The summed E-state index contributed by atoms with van der Waals surface area (Å²) < 4.78 is 5.31. The molecule has 0 unspecified atom stereocenters. The van der Waals surface area contributed by atoms with Gasteiger partial charge in [0.15, 0.2) is 0 Å². The Hall–Kier alpha value is -5.92. The molecule has 46 heavy (non-hydrogen) atoms. The maximum absolute atomic E-state index is 13.9. The molecule has 0 aliphatic carbocycles. The van der Waals surface area contributed by atoms with Crippen LogP contribution in [-0.2, 0) is 14.3 Å². The monoisotopic (exact) mass is 628 g/mol. The predicted octanol–water partition coefficient (Wildman–Crippen LogP) is 3.41. The van der Waals surface area contributed by atoms with Crippen molar-refractivity contribution < 1.29 is 38.6 Å². The number of carbonyl (C=O) groups is 6. The largest absolute Gasteiger partial charge is 0.465 e. The Morgan fingerprint density at radius 1 is 0.717 bits per heavy atom. The summed E-state index contributed by atoms with van der Waals surface area (Å²) in [6.45, 7) is 4.59. The van der Waals surface area contributed by atoms with Crippen molar-refractivity contribution in [1.82, 2.24) is 10.6 Å². The zero-order valence-electron chi connectivity index (χ0n) is 25.2. The van der Waals surface area contributed by atoms with E-state index in [1.54, 1.807) is 69.3 Å². The number of amides is 6. The number of carboxylic acid groups (broad SMARTS) is 1. The first-order chi connectivity index (χ1) is 21.8. The van der Waals surface area contributed by atoms with Gasteiger partial charge in [-0.1, -0.05) is 24.3 Å². The van der Waals surface area contributed by atoms with Gasteiger partial charge in [0.05, 0.1) is 35.8 Å². The van der Waals surface area contributed by atoms with Gasteiger partial charge in [-0.2, -0.15) is 0 Å². The maximum atomic E-state index is 13.9. The van der Waals surface area contributed by atoms with Crippen LogP contribution in [0.25, 0.3) is 0 Å². The minimum Gasteiger partial charge on any atom is -0.465 e. The zero-order chi connectivity index (χ0) is 33.2. The number of alkyl carbamates (subject to hydrolysis) is 1. The van der Waals surface area contributed by atoms with Gasteiger partial charge in [0.2, 0.25) is 11.8 Å². The van der Waals surface area contributed by atoms with Gasteiger partial charge < -0.3 is 40.9 Å². The van der Waals surface area contributed by atoms with E-state index in [0.717, 1.165) is 0 Å². The molecule has 5 rings (SSSR count). The third kappa shape index (κ3) is 6.90. The Bertz CT molecular complexity index is 1720. The van der Waals surface area contributed by atoms with Crippen molar-refractivity contribution in [2.24, 2.45) is 0 Å². The van der Waals surface area contributed by atoms with Crippen LogP contribution in [0, 0.1) is 0 Å². The molecule has 3 aromatic carbocycles. The molecule has 5 N–H and O–H groups in total. The van der Waals surface area contributed by atoms with Gasteiger partial charge in [-0.05, 0) is 69.3 Å². The van der Waals surface area contributed by atoms with Gasteiger partial charge >= 0.3 is 12.2 Å². The number of hydrogen-bond donors (Lipinski definition) is 5. The number of anilines is 4. The van der Waals surface area contributed by atoms with Crippen LogP contribution in [0.15, 0.2) is 72.8 Å². The first-order valence-corrected chi connectivity index (χ1v) is 14.3. The lowest BCUT2D eigenvalue weighted by atomic mass is 10.1. The number of ether oxygens (including phenoxy) is 1. The Balaban J connectivity index is 1.41. The number of hydrogen-bond acceptors (Lipinski definition) is 7. The van der Waals surface area contributed by atoms with Gasteiger partial charge in [-0.25, -0.2) is 9.59 Å². The summed E-state index contributed by atoms with van der Waals surface area (Å²) >= 11 is 0. The predicted molar refractivity (Wildman–Crippen MR) is 168 cm³/mol. The Morgan fingerprint density at radius 3 is 1.54 bits per heavy atom. The molecule has 0 radical (unpaired) electrons. The van der Waals surface area contributed by atoms with Crippen molar-refractivity contribution in [3.63, 3.8) is 0 Å². The van der Waals surface area contributed by atoms with Gasteiger partial charge in [-0.3, -0.25) is 19.2 Å². The summed E-state index contributed by atoms with van der Waals surface area (Å²) in [5.41, 5.74) is 1.04. The molecule has 0 saturated carbocycles. The van der Waals surface area contributed by atoms with E-state index in [1.165, 1.54) is 34.1 Å². The second-order valence-electron chi connectivity index (χ2n) is 11.6. The molecule has 3 aromatic rings. The van der Waals surface area contributed by atoms with Crippen LogP contribution in [0.3, 0.4) is 0 Å². The second kappa shape index (κ2) is 12.6. The summed E-state index contributed by atoms with van der Waals surface area (Å²) in [6.07, 6.45) is -2.24. The van der Waals surface area contributed by atoms with Gasteiger partial charge in [0.25, 0.3) is 11.8 Å². The Morgan fingerprint density at radius 2 is 1.13 bits per heavy atom. The van der Waals surface area contributed by atoms with Crippen molar-refractivity contribution in [2.75, 3.05) is 33.5 Å². The maximum Gasteiger partial charge on any atom is 0.408 e. The van der Waals surface area contributed by atoms with E-state index in [4.69, 9.17) is 4.74 Å². The minimum absolute atomic E-state index is 0.173. The Kier molecular flexibility index (Phi) is 8.62. The Labute approximate surface area is 263 Å². The van der Waals surface area contributed by atoms with Crippen LogP contribution in [0.5, 0.6) is 0 Å². The summed E-state index contributed by atoms with van der Waals surface area (Å²) in [5, 5.41) is 19.3. The third-order valence-corrected chi connectivity index (χ3v) is 7.13. The molecule has 2 atom stereocenters. The van der Waals surface area contributed by atoms with Crippen molar-refractivity contribution in [3.8, 4) is 0 Å². The first kappa shape index (κ1) is 31.5. The standard InChI is InChI=1S/C32H32N6O8/c1-32(2,3)46-31(45)36-23-17-38(25-11-7-5-9-21(25)34-27(23)40)29(42)19-14-12-18(13-15-19)28(41)37-16-22(35-30(43)44)26(39)33-20-8-4-6-10-24(20)37/h4-15,22-23,35H,16-17H2,1-3H3,(H,33,39)(H,34,40)(H,36,45)(H,43,44)/t22-,23-/m0/s1. The van der Waals surface area contributed by atoms with E-state index >= 15 is 0 Å². The smallest absolute Gasteiger partial charge is 0.408 e. The third-order valence-electron chi connectivity index (χ3n) is 7.13. The number of fused-ring (bicyclic) bond motifs is 2. The molecule has 0 spiro atoms. The molecule has 6 amide bonds. The average Bonchev–Trinajstić information content (AvgIpc) is 3.22. The van der Waals surface area contributed by atoms with E-state index in [9.17, 15) is 33.9 Å². The highest BCUT2D eigenvalue weighted by atomic mass is 16.6. The van der Waals surface area contributed by atoms with Crippen LogP contribution in [-0.4, -0.2) is 71.7 Å². The summed E-state index contributed by atoms with van der Waals surface area (Å²) in [4.78, 5) is 79.9. The molecule has 2 heterocycles. The fourth-order valence-corrected chi connectivity index (χ4v) is 5.07. The molecule has 0 aromatic heterocycles. The molecule has 14 nitrogen and oxygen atoms in total. The topological polar surface area (TPSA) is 186 Å². The molecule has 2 aliphatic rings. The van der Waals surface area contributed by atoms with E-state index in [2.05, 4.69) is 21.3 Å². The molecule has 238 valence electrons. The molecule has 0 bridgehead atoms. The molecular formula is C32H32N6O8. The molecule has 0 fully saturated rings. The summed E-state index contributed by atoms with van der Waals surface area (Å²) in [6, 6.07) is 16.7.